The van der Waals surface area contributed by atoms with Gasteiger partial charge in [0.1, 0.15) is 0 Å². The summed E-state index contributed by atoms with van der Waals surface area (Å²) in [6.07, 6.45) is 3.17. The van der Waals surface area contributed by atoms with E-state index in [2.05, 4.69) is 12.2 Å². The molecule has 0 fully saturated rings. The van der Waals surface area contributed by atoms with Gasteiger partial charge in [0, 0.05) is 0 Å². The molecule has 0 saturated heterocycles. The number of hydrogen-bond acceptors (Lipinski definition) is 2. The van der Waals surface area contributed by atoms with Crippen LogP contribution in [-0.4, -0.2) is 19.1 Å². The summed E-state index contributed by atoms with van der Waals surface area (Å²) in [5.41, 5.74) is 0. The van der Waals surface area contributed by atoms with Crippen LogP contribution in [0.3, 0.4) is 0 Å². The molecule has 0 aromatic heterocycles. The van der Waals surface area contributed by atoms with Gasteiger partial charge in [0.05, 0.1) is 6.42 Å². The van der Waals surface area contributed by atoms with Crippen LogP contribution in [-0.2, 0) is 9.90 Å². The summed E-state index contributed by atoms with van der Waals surface area (Å²) < 4.78 is 0. The standard InChI is InChI=1S/C8H16NO2/c1-2-3-6-9-7-4-5-8(10)11/h9H,2-7H2,1H3. The summed E-state index contributed by atoms with van der Waals surface area (Å²) in [6, 6.07) is 0. The van der Waals surface area contributed by atoms with Gasteiger partial charge in [0.15, 0.2) is 0 Å². The van der Waals surface area contributed by atoms with Crippen molar-refractivity contribution in [2.45, 2.75) is 32.6 Å². The molecule has 0 aromatic carbocycles. The Morgan fingerprint density at radius 3 is 2.45 bits per heavy atom. The molecule has 1 N–H and O–H groups in total. The normalized spacial score (nSPS) is 9.91. The van der Waals surface area contributed by atoms with E-state index in [-0.39, 0.29) is 6.42 Å². The maximum absolute atomic E-state index is 9.95. The first-order valence-electron chi connectivity index (χ1n) is 4.18. The first-order chi connectivity index (χ1) is 5.27. The summed E-state index contributed by atoms with van der Waals surface area (Å²) in [5, 5.41) is 13.1. The average Bonchev–Trinajstić information content (AvgIpc) is 1.96. The molecule has 0 aliphatic heterocycles. The van der Waals surface area contributed by atoms with Gasteiger partial charge >= 0.3 is 5.97 Å². The molecule has 3 nitrogen and oxygen atoms in total. The molecule has 0 unspecified atom stereocenters. The zero-order chi connectivity index (χ0) is 8.53. The summed E-state index contributed by atoms with van der Waals surface area (Å²) in [5.74, 6) is -0.956. The van der Waals surface area contributed by atoms with Gasteiger partial charge in [0.25, 0.3) is 0 Å². The number of unbranched alkanes of at least 4 members (excludes halogenated alkanes) is 1. The Kier molecular flexibility index (Phi) is 7.15. The van der Waals surface area contributed by atoms with Crippen LogP contribution in [0.1, 0.15) is 32.6 Å². The smallest absolute Gasteiger partial charge is 0.317 e. The second kappa shape index (κ2) is 7.54. The first kappa shape index (κ1) is 10.4. The van der Waals surface area contributed by atoms with Crippen LogP contribution in [0.25, 0.3) is 0 Å². The molecule has 0 atom stereocenters. The summed E-state index contributed by atoms with van der Waals surface area (Å²) >= 11 is 0. The molecule has 0 amide bonds. The highest BCUT2D eigenvalue weighted by Gasteiger charge is 1.97. The van der Waals surface area contributed by atoms with E-state index in [4.69, 9.17) is 0 Å². The third-order valence-electron chi connectivity index (χ3n) is 1.44. The minimum absolute atomic E-state index is 0.166. The van der Waals surface area contributed by atoms with Gasteiger partial charge in [0.2, 0.25) is 0 Å². The lowest BCUT2D eigenvalue weighted by molar-refractivity contribution is -0.143. The molecule has 0 aliphatic rings. The minimum atomic E-state index is -0.956. The Morgan fingerprint density at radius 1 is 1.27 bits per heavy atom. The molecule has 0 spiro atoms. The fraction of sp³-hybridized carbons (Fsp3) is 0.875. The number of hydrogen-bond donors (Lipinski definition) is 1. The maximum Gasteiger partial charge on any atom is 0.355 e. The molecule has 0 aromatic rings. The third-order valence-corrected chi connectivity index (χ3v) is 1.44. The highest BCUT2D eigenvalue weighted by Crippen LogP contribution is 1.87. The van der Waals surface area contributed by atoms with Crippen molar-refractivity contribution < 1.29 is 9.90 Å². The van der Waals surface area contributed by atoms with Crippen molar-refractivity contribution in [2.24, 2.45) is 0 Å². The van der Waals surface area contributed by atoms with E-state index in [0.717, 1.165) is 19.5 Å². The highest BCUT2D eigenvalue weighted by molar-refractivity contribution is 5.66. The lowest BCUT2D eigenvalue weighted by Crippen LogP contribution is -2.17. The van der Waals surface area contributed by atoms with Crippen molar-refractivity contribution >= 4 is 5.97 Å². The van der Waals surface area contributed by atoms with Crippen molar-refractivity contribution in [3.05, 3.63) is 0 Å². The fourth-order valence-corrected chi connectivity index (χ4v) is 0.785. The van der Waals surface area contributed by atoms with Crippen LogP contribution >= 0.6 is 0 Å². The van der Waals surface area contributed by atoms with Crippen molar-refractivity contribution in [1.29, 1.82) is 0 Å². The Labute approximate surface area is 67.8 Å². The number of rotatable bonds is 7. The maximum atomic E-state index is 9.95. The zero-order valence-corrected chi connectivity index (χ0v) is 7.06. The zero-order valence-electron chi connectivity index (χ0n) is 7.06. The fourth-order valence-electron chi connectivity index (χ4n) is 0.785. The molecule has 0 saturated carbocycles. The predicted octanol–water partition coefficient (Wildman–Crippen LogP) is 1.11. The molecule has 1 radical (unpaired) electrons. The van der Waals surface area contributed by atoms with Crippen LogP contribution in [0.5, 0.6) is 0 Å². The van der Waals surface area contributed by atoms with E-state index in [0.29, 0.717) is 6.42 Å². The van der Waals surface area contributed by atoms with E-state index in [1.165, 1.54) is 6.42 Å². The van der Waals surface area contributed by atoms with Gasteiger partial charge in [-0.25, -0.2) is 9.90 Å². The number of nitrogens with one attached hydrogen (secondary N) is 1. The Hall–Kier alpha value is -0.570. The Morgan fingerprint density at radius 2 is 1.91 bits per heavy atom. The number of carbonyl (C=O) groups excluding carboxylic acids is 1. The van der Waals surface area contributed by atoms with Gasteiger partial charge in [-0.1, -0.05) is 13.3 Å². The highest BCUT2D eigenvalue weighted by atomic mass is 16.4. The molecular weight excluding hydrogens is 142 g/mol. The first-order valence-corrected chi connectivity index (χ1v) is 4.18. The van der Waals surface area contributed by atoms with Crippen molar-refractivity contribution in [1.82, 2.24) is 5.32 Å². The lowest BCUT2D eigenvalue weighted by Gasteiger charge is -2.00. The lowest BCUT2D eigenvalue weighted by atomic mass is 10.3. The SMILES string of the molecule is CCCCNCCCC([O])=O. The van der Waals surface area contributed by atoms with E-state index < -0.39 is 5.97 Å². The van der Waals surface area contributed by atoms with Crippen LogP contribution in [0, 0.1) is 0 Å². The largest absolute Gasteiger partial charge is 0.355 e. The average molecular weight is 158 g/mol. The van der Waals surface area contributed by atoms with E-state index in [1.54, 1.807) is 0 Å². The molecule has 0 bridgehead atoms. The predicted molar refractivity (Wildman–Crippen MR) is 42.7 cm³/mol. The van der Waals surface area contributed by atoms with Crippen LogP contribution in [0.2, 0.25) is 0 Å². The molecule has 0 aliphatic carbocycles. The summed E-state index contributed by atoms with van der Waals surface area (Å²) in [7, 11) is 0. The summed E-state index contributed by atoms with van der Waals surface area (Å²) in [4.78, 5) is 9.95. The van der Waals surface area contributed by atoms with Crippen LogP contribution in [0.15, 0.2) is 0 Å². The van der Waals surface area contributed by atoms with Crippen LogP contribution in [0.4, 0.5) is 0 Å². The number of carbonyl (C=O) groups is 1. The van der Waals surface area contributed by atoms with E-state index >= 15 is 0 Å². The molecule has 65 valence electrons. The molecular formula is C8H16NO2. The van der Waals surface area contributed by atoms with Gasteiger partial charge in [-0.15, -0.1) is 0 Å². The molecule has 0 rings (SSSR count). The Bertz CT molecular complexity index is 104. The van der Waals surface area contributed by atoms with Gasteiger partial charge in [-0.05, 0) is 25.9 Å². The van der Waals surface area contributed by atoms with E-state index in [1.807, 2.05) is 0 Å². The van der Waals surface area contributed by atoms with Gasteiger partial charge in [-0.3, -0.25) is 0 Å². The molecule has 0 heterocycles. The Balaban J connectivity index is 2.85. The second-order valence-electron chi connectivity index (χ2n) is 2.58. The second-order valence-corrected chi connectivity index (χ2v) is 2.58. The topological polar surface area (TPSA) is 49.0 Å². The third kappa shape index (κ3) is 9.43. The van der Waals surface area contributed by atoms with Gasteiger partial charge in [-0.2, -0.15) is 0 Å². The monoisotopic (exact) mass is 158 g/mol. The molecule has 11 heavy (non-hydrogen) atoms. The van der Waals surface area contributed by atoms with Crippen molar-refractivity contribution in [2.75, 3.05) is 13.1 Å². The molecule has 3 heteroatoms. The van der Waals surface area contributed by atoms with Crippen LogP contribution < -0.4 is 5.32 Å². The summed E-state index contributed by atoms with van der Waals surface area (Å²) in [6.45, 7) is 3.90. The minimum Gasteiger partial charge on any atom is -0.317 e. The van der Waals surface area contributed by atoms with Crippen molar-refractivity contribution in [3.63, 3.8) is 0 Å². The van der Waals surface area contributed by atoms with Crippen molar-refractivity contribution in [3.8, 4) is 0 Å². The van der Waals surface area contributed by atoms with Gasteiger partial charge < -0.3 is 5.32 Å². The van der Waals surface area contributed by atoms with E-state index in [9.17, 15) is 9.90 Å². The quantitative estimate of drug-likeness (QED) is 0.564.